The van der Waals surface area contributed by atoms with Gasteiger partial charge < -0.3 is 9.80 Å². The molecule has 1 aliphatic rings. The van der Waals surface area contributed by atoms with Gasteiger partial charge in [0.2, 0.25) is 0 Å². The molecule has 0 amide bonds. The van der Waals surface area contributed by atoms with E-state index in [9.17, 15) is 4.79 Å². The van der Waals surface area contributed by atoms with E-state index in [1.165, 1.54) is 37.8 Å². The van der Waals surface area contributed by atoms with Crippen molar-refractivity contribution in [2.75, 3.05) is 11.6 Å². The van der Waals surface area contributed by atoms with Crippen LogP contribution in [0.2, 0.25) is 0 Å². The normalized spacial score (nSPS) is 16.4. The largest absolute Gasteiger partial charge is 0.305 e. The molecule has 1 N–H and O–H groups in total. The van der Waals surface area contributed by atoms with Crippen LogP contribution in [-0.2, 0) is 4.79 Å². The molecule has 1 aliphatic carbocycles. The Balaban J connectivity index is 2.04. The molecule has 1 saturated carbocycles. The van der Waals surface area contributed by atoms with Crippen LogP contribution >= 0.6 is 0 Å². The van der Waals surface area contributed by atoms with Gasteiger partial charge in [-0.1, -0.05) is 37.5 Å². The molecule has 3 heteroatoms. The van der Waals surface area contributed by atoms with Crippen molar-refractivity contribution in [1.29, 1.82) is 0 Å². The van der Waals surface area contributed by atoms with Crippen LogP contribution in [0.3, 0.4) is 0 Å². The Bertz CT molecular complexity index is 347. The van der Waals surface area contributed by atoms with Crippen LogP contribution in [0.25, 0.3) is 0 Å². The number of nitrogens with one attached hydrogen (secondary N) is 1. The molecule has 18 heavy (non-hydrogen) atoms. The van der Waals surface area contributed by atoms with Gasteiger partial charge in [-0.3, -0.25) is 0 Å². The fourth-order valence-corrected chi connectivity index (χ4v) is 2.60. The smallest absolute Gasteiger partial charge is 0.121 e. The maximum absolute atomic E-state index is 10.4. The van der Waals surface area contributed by atoms with Gasteiger partial charge in [0.15, 0.2) is 0 Å². The number of hydrogen-bond donors (Lipinski definition) is 1. The van der Waals surface area contributed by atoms with Gasteiger partial charge in [-0.15, -0.1) is 0 Å². The van der Waals surface area contributed by atoms with Crippen molar-refractivity contribution in [2.45, 2.75) is 44.6 Å². The molecule has 0 heterocycles. The maximum atomic E-state index is 10.4. The maximum Gasteiger partial charge on any atom is 0.121 e. The molecular formula is C15H22N2O. The average molecular weight is 246 g/mol. The van der Waals surface area contributed by atoms with E-state index in [0.29, 0.717) is 12.5 Å². The Morgan fingerprint density at radius 1 is 1.17 bits per heavy atom. The third-order valence-corrected chi connectivity index (χ3v) is 3.52. The standard InChI is InChI=1S/C15H22N2O/c18-13-7-12-16-17(14-8-3-1-4-9-14)15-10-5-2-6-11-15/h1,3-4,8-9,13,15-16H,2,5-7,10-12H2. The second kappa shape index (κ2) is 7.17. The topological polar surface area (TPSA) is 32.3 Å². The van der Waals surface area contributed by atoms with E-state index < -0.39 is 0 Å². The Morgan fingerprint density at radius 3 is 2.56 bits per heavy atom. The van der Waals surface area contributed by atoms with E-state index in [4.69, 9.17) is 0 Å². The summed E-state index contributed by atoms with van der Waals surface area (Å²) in [6, 6.07) is 11.0. The van der Waals surface area contributed by atoms with Gasteiger partial charge in [-0.2, -0.15) is 0 Å². The number of anilines is 1. The van der Waals surface area contributed by atoms with Crippen molar-refractivity contribution in [1.82, 2.24) is 5.43 Å². The van der Waals surface area contributed by atoms with Crippen LogP contribution in [0.5, 0.6) is 0 Å². The van der Waals surface area contributed by atoms with Crippen molar-refractivity contribution in [3.05, 3.63) is 30.3 Å². The summed E-state index contributed by atoms with van der Waals surface area (Å²) in [6.07, 6.45) is 7.99. The molecule has 0 spiro atoms. The highest BCUT2D eigenvalue weighted by atomic mass is 16.1. The third-order valence-electron chi connectivity index (χ3n) is 3.52. The number of aldehydes is 1. The summed E-state index contributed by atoms with van der Waals surface area (Å²) < 4.78 is 0. The SMILES string of the molecule is O=CCCNN(c1ccccc1)C1CCCCC1. The number of carbonyl (C=O) groups is 1. The molecule has 1 aromatic carbocycles. The molecular weight excluding hydrogens is 224 g/mol. The van der Waals surface area contributed by atoms with Crippen LogP contribution in [0.15, 0.2) is 30.3 Å². The molecule has 0 aliphatic heterocycles. The molecule has 0 saturated heterocycles. The van der Waals surface area contributed by atoms with Gasteiger partial charge in [0, 0.05) is 19.0 Å². The summed E-state index contributed by atoms with van der Waals surface area (Å²) in [7, 11) is 0. The Labute approximate surface area is 109 Å². The van der Waals surface area contributed by atoms with Crippen LogP contribution in [-0.4, -0.2) is 18.9 Å². The molecule has 1 aromatic rings. The van der Waals surface area contributed by atoms with Crippen molar-refractivity contribution < 1.29 is 4.79 Å². The lowest BCUT2D eigenvalue weighted by Gasteiger charge is -2.36. The highest BCUT2D eigenvalue weighted by Crippen LogP contribution is 2.25. The van der Waals surface area contributed by atoms with E-state index in [1.54, 1.807) is 0 Å². The fraction of sp³-hybridized carbons (Fsp3) is 0.533. The number of benzene rings is 1. The van der Waals surface area contributed by atoms with Gasteiger partial charge in [0.25, 0.3) is 0 Å². The first-order valence-electron chi connectivity index (χ1n) is 6.93. The zero-order valence-corrected chi connectivity index (χ0v) is 10.8. The first-order chi connectivity index (χ1) is 8.92. The molecule has 3 nitrogen and oxygen atoms in total. The van der Waals surface area contributed by atoms with Crippen molar-refractivity contribution >= 4 is 12.0 Å². The molecule has 0 atom stereocenters. The molecule has 1 fully saturated rings. The fourth-order valence-electron chi connectivity index (χ4n) is 2.60. The predicted molar refractivity (Wildman–Crippen MR) is 74.5 cm³/mol. The summed E-state index contributed by atoms with van der Waals surface area (Å²) in [5.41, 5.74) is 4.61. The summed E-state index contributed by atoms with van der Waals surface area (Å²) in [5.74, 6) is 0. The molecule has 0 unspecified atom stereocenters. The first-order valence-corrected chi connectivity index (χ1v) is 6.93. The predicted octanol–water partition coefficient (Wildman–Crippen LogP) is 2.92. The number of hydrogen-bond acceptors (Lipinski definition) is 3. The highest BCUT2D eigenvalue weighted by Gasteiger charge is 2.20. The number of rotatable bonds is 6. The van der Waals surface area contributed by atoms with Crippen LogP contribution in [0, 0.1) is 0 Å². The quantitative estimate of drug-likeness (QED) is 0.476. The van der Waals surface area contributed by atoms with Gasteiger partial charge in [0.05, 0.1) is 5.69 Å². The summed E-state index contributed by atoms with van der Waals surface area (Å²) >= 11 is 0. The minimum absolute atomic E-state index is 0.563. The zero-order chi connectivity index (χ0) is 12.6. The lowest BCUT2D eigenvalue weighted by Crippen LogP contribution is -2.47. The molecule has 98 valence electrons. The van der Waals surface area contributed by atoms with E-state index >= 15 is 0 Å². The van der Waals surface area contributed by atoms with Gasteiger partial charge in [-0.05, 0) is 25.0 Å². The van der Waals surface area contributed by atoms with Crippen molar-refractivity contribution in [3.8, 4) is 0 Å². The molecule has 0 aromatic heterocycles. The van der Waals surface area contributed by atoms with Gasteiger partial charge >= 0.3 is 0 Å². The second-order valence-electron chi connectivity index (χ2n) is 4.86. The third kappa shape index (κ3) is 3.57. The first kappa shape index (κ1) is 13.1. The lowest BCUT2D eigenvalue weighted by molar-refractivity contribution is -0.107. The van der Waals surface area contributed by atoms with Crippen LogP contribution in [0.4, 0.5) is 5.69 Å². The minimum Gasteiger partial charge on any atom is -0.305 e. The average Bonchev–Trinajstić information content (AvgIpc) is 2.46. The number of hydrazine groups is 1. The lowest BCUT2D eigenvalue weighted by atomic mass is 9.95. The van der Waals surface area contributed by atoms with E-state index in [1.807, 2.05) is 6.07 Å². The Hall–Kier alpha value is -1.35. The monoisotopic (exact) mass is 246 g/mol. The van der Waals surface area contributed by atoms with Crippen molar-refractivity contribution in [2.24, 2.45) is 0 Å². The summed E-state index contributed by atoms with van der Waals surface area (Å²) in [5, 5.41) is 2.27. The summed E-state index contributed by atoms with van der Waals surface area (Å²) in [4.78, 5) is 10.4. The molecule has 2 rings (SSSR count). The number of nitrogens with zero attached hydrogens (tertiary/aromatic N) is 1. The van der Waals surface area contributed by atoms with E-state index in [-0.39, 0.29) is 0 Å². The van der Waals surface area contributed by atoms with Gasteiger partial charge in [0.1, 0.15) is 6.29 Å². The van der Waals surface area contributed by atoms with E-state index in [0.717, 1.165) is 12.8 Å². The number of para-hydroxylation sites is 1. The Morgan fingerprint density at radius 2 is 1.89 bits per heavy atom. The minimum atomic E-state index is 0.563. The van der Waals surface area contributed by atoms with Crippen LogP contribution in [0.1, 0.15) is 38.5 Å². The van der Waals surface area contributed by atoms with E-state index in [2.05, 4.69) is 34.7 Å². The molecule has 0 radical (unpaired) electrons. The summed E-state index contributed by atoms with van der Waals surface area (Å²) in [6.45, 7) is 0.717. The van der Waals surface area contributed by atoms with Gasteiger partial charge in [-0.25, -0.2) is 5.43 Å². The van der Waals surface area contributed by atoms with Crippen LogP contribution < -0.4 is 10.4 Å². The zero-order valence-electron chi connectivity index (χ0n) is 10.8. The molecule has 0 bridgehead atoms. The number of carbonyl (C=O) groups excluding carboxylic acids is 1. The van der Waals surface area contributed by atoms with Crippen molar-refractivity contribution in [3.63, 3.8) is 0 Å². The highest BCUT2D eigenvalue weighted by molar-refractivity contribution is 5.50. The Kier molecular flexibility index (Phi) is 5.21. The second-order valence-corrected chi connectivity index (χ2v) is 4.86.